The molecule has 0 unspecified atom stereocenters. The van der Waals surface area contributed by atoms with Gasteiger partial charge < -0.3 is 4.74 Å². The summed E-state index contributed by atoms with van der Waals surface area (Å²) in [5.74, 6) is 0. The van der Waals surface area contributed by atoms with Gasteiger partial charge in [0.25, 0.3) is 9.05 Å². The Morgan fingerprint density at radius 2 is 1.84 bits per heavy atom. The van der Waals surface area contributed by atoms with Crippen LogP contribution in [0.15, 0.2) is 34.1 Å². The number of rotatable bonds is 7. The highest BCUT2D eigenvalue weighted by Gasteiger charge is 2.17. The van der Waals surface area contributed by atoms with Crippen molar-refractivity contribution < 1.29 is 21.6 Å². The molecule has 0 aromatic heterocycles. The third-order valence-corrected chi connectivity index (χ3v) is 5.02. The second-order valence-corrected chi connectivity index (χ2v) is 7.99. The van der Waals surface area contributed by atoms with Gasteiger partial charge in [-0.15, -0.1) is 0 Å². The summed E-state index contributed by atoms with van der Waals surface area (Å²) in [5, 5.41) is 0. The van der Waals surface area contributed by atoms with Gasteiger partial charge in [0.15, 0.2) is 0 Å². The fraction of sp³-hybridized carbons (Fsp3) is 0.400. The number of ether oxygens (including phenoxy) is 1. The first-order valence-electron chi connectivity index (χ1n) is 5.31. The Morgan fingerprint density at radius 3 is 2.42 bits per heavy atom. The van der Waals surface area contributed by atoms with Crippen LogP contribution in [0.2, 0.25) is 0 Å². The van der Waals surface area contributed by atoms with E-state index in [9.17, 15) is 16.8 Å². The Labute approximate surface area is 117 Å². The van der Waals surface area contributed by atoms with Gasteiger partial charge in [-0.1, -0.05) is 6.07 Å². The predicted molar refractivity (Wildman–Crippen MR) is 71.2 cm³/mol. The number of halogens is 1. The van der Waals surface area contributed by atoms with E-state index in [1.807, 2.05) is 0 Å². The first-order chi connectivity index (χ1) is 8.77. The molecule has 6 nitrogen and oxygen atoms in total. The van der Waals surface area contributed by atoms with Gasteiger partial charge in [0.2, 0.25) is 10.0 Å². The van der Waals surface area contributed by atoms with E-state index in [-0.39, 0.29) is 16.3 Å². The second-order valence-electron chi connectivity index (χ2n) is 3.66. The van der Waals surface area contributed by atoms with Gasteiger partial charge in [-0.3, -0.25) is 0 Å². The molecule has 0 atom stereocenters. The molecule has 0 fully saturated rings. The minimum absolute atomic E-state index is 0.147. The SMILES string of the molecule is COCCCNS(=O)(=O)c1cccc(S(=O)(=O)Cl)c1. The summed E-state index contributed by atoms with van der Waals surface area (Å²) >= 11 is 0. The van der Waals surface area contributed by atoms with E-state index in [0.29, 0.717) is 13.0 Å². The molecule has 0 bridgehead atoms. The molecule has 0 aliphatic rings. The van der Waals surface area contributed by atoms with Crippen LogP contribution in [0.1, 0.15) is 6.42 Å². The van der Waals surface area contributed by atoms with Gasteiger partial charge >= 0.3 is 0 Å². The molecule has 0 saturated carbocycles. The summed E-state index contributed by atoms with van der Waals surface area (Å²) < 4.78 is 53.2. The van der Waals surface area contributed by atoms with Crippen molar-refractivity contribution in [2.45, 2.75) is 16.2 Å². The smallest absolute Gasteiger partial charge is 0.261 e. The maximum Gasteiger partial charge on any atom is 0.261 e. The number of sulfonamides is 1. The molecule has 1 aromatic carbocycles. The summed E-state index contributed by atoms with van der Waals surface area (Å²) in [6.07, 6.45) is 0.517. The van der Waals surface area contributed by atoms with Gasteiger partial charge in [-0.2, -0.15) is 0 Å². The lowest BCUT2D eigenvalue weighted by Crippen LogP contribution is -2.25. The van der Waals surface area contributed by atoms with Crippen LogP contribution in [0.3, 0.4) is 0 Å². The van der Waals surface area contributed by atoms with Crippen LogP contribution in [0.5, 0.6) is 0 Å². The van der Waals surface area contributed by atoms with Crippen LogP contribution in [0.25, 0.3) is 0 Å². The number of hydrogen-bond acceptors (Lipinski definition) is 5. The maximum absolute atomic E-state index is 11.9. The molecule has 108 valence electrons. The first-order valence-corrected chi connectivity index (χ1v) is 9.10. The summed E-state index contributed by atoms with van der Waals surface area (Å²) in [7, 11) is -1.02. The highest BCUT2D eigenvalue weighted by Crippen LogP contribution is 2.18. The number of methoxy groups -OCH3 is 1. The van der Waals surface area contributed by atoms with E-state index >= 15 is 0 Å². The Balaban J connectivity index is 2.90. The molecule has 0 aliphatic carbocycles. The summed E-state index contributed by atoms with van der Waals surface area (Å²) in [6, 6.07) is 4.86. The van der Waals surface area contributed by atoms with Crippen molar-refractivity contribution in [1.29, 1.82) is 0 Å². The Morgan fingerprint density at radius 1 is 1.21 bits per heavy atom. The van der Waals surface area contributed by atoms with E-state index in [4.69, 9.17) is 15.4 Å². The van der Waals surface area contributed by atoms with E-state index in [2.05, 4.69) is 4.72 Å². The van der Waals surface area contributed by atoms with Gasteiger partial charge in [-0.05, 0) is 24.6 Å². The summed E-state index contributed by atoms with van der Waals surface area (Å²) in [5.41, 5.74) is 0. The van der Waals surface area contributed by atoms with E-state index in [1.54, 1.807) is 0 Å². The average molecular weight is 328 g/mol. The Kier molecular flexibility index (Phi) is 5.75. The molecule has 0 spiro atoms. The minimum atomic E-state index is -3.95. The Bertz CT molecular complexity index is 627. The molecule has 0 aliphatic heterocycles. The minimum Gasteiger partial charge on any atom is -0.385 e. The standard InChI is InChI=1S/C10H14ClNO5S2/c1-17-7-3-6-12-19(15,16)10-5-2-4-9(8-10)18(11,13)14/h2,4-5,8,12H,3,6-7H2,1H3. The number of nitrogens with one attached hydrogen (secondary N) is 1. The lowest BCUT2D eigenvalue weighted by Gasteiger charge is -2.07. The van der Waals surface area contributed by atoms with Gasteiger partial charge in [0, 0.05) is 30.9 Å². The van der Waals surface area contributed by atoms with Crippen molar-refractivity contribution in [3.05, 3.63) is 24.3 Å². The van der Waals surface area contributed by atoms with E-state index in [1.165, 1.54) is 25.3 Å². The third kappa shape index (κ3) is 5.07. The third-order valence-electron chi connectivity index (χ3n) is 2.21. The molecule has 0 saturated heterocycles. The van der Waals surface area contributed by atoms with Crippen molar-refractivity contribution in [3.8, 4) is 0 Å². The molecule has 19 heavy (non-hydrogen) atoms. The van der Waals surface area contributed by atoms with Crippen LogP contribution < -0.4 is 4.72 Å². The average Bonchev–Trinajstić information content (AvgIpc) is 2.34. The van der Waals surface area contributed by atoms with Crippen molar-refractivity contribution in [1.82, 2.24) is 4.72 Å². The lowest BCUT2D eigenvalue weighted by atomic mass is 10.4. The molecular formula is C10H14ClNO5S2. The van der Waals surface area contributed by atoms with Gasteiger partial charge in [0.1, 0.15) is 0 Å². The molecule has 9 heteroatoms. The van der Waals surface area contributed by atoms with E-state index < -0.39 is 19.1 Å². The summed E-state index contributed by atoms with van der Waals surface area (Å²) in [6.45, 7) is 0.632. The van der Waals surface area contributed by atoms with Gasteiger partial charge in [0.05, 0.1) is 9.79 Å². The summed E-state index contributed by atoms with van der Waals surface area (Å²) in [4.78, 5) is -0.402. The van der Waals surface area contributed by atoms with Crippen LogP contribution in [0.4, 0.5) is 0 Å². The van der Waals surface area contributed by atoms with E-state index in [0.717, 1.165) is 6.07 Å². The van der Waals surface area contributed by atoms with Crippen molar-refractivity contribution in [2.75, 3.05) is 20.3 Å². The molecule has 0 heterocycles. The molecule has 1 N–H and O–H groups in total. The van der Waals surface area contributed by atoms with Crippen LogP contribution in [-0.4, -0.2) is 37.1 Å². The molecule has 1 rings (SSSR count). The number of benzene rings is 1. The number of hydrogen-bond donors (Lipinski definition) is 1. The monoisotopic (exact) mass is 327 g/mol. The quantitative estimate of drug-likeness (QED) is 0.594. The molecule has 0 radical (unpaired) electrons. The zero-order valence-corrected chi connectivity index (χ0v) is 12.6. The second kappa shape index (κ2) is 6.67. The van der Waals surface area contributed by atoms with Crippen LogP contribution >= 0.6 is 10.7 Å². The van der Waals surface area contributed by atoms with Crippen LogP contribution in [0, 0.1) is 0 Å². The van der Waals surface area contributed by atoms with Gasteiger partial charge in [-0.25, -0.2) is 21.6 Å². The Hall–Kier alpha value is -0.670. The predicted octanol–water partition coefficient (Wildman–Crippen LogP) is 0.929. The largest absolute Gasteiger partial charge is 0.385 e. The molecular weight excluding hydrogens is 314 g/mol. The highest BCUT2D eigenvalue weighted by molar-refractivity contribution is 8.13. The molecule has 0 amide bonds. The maximum atomic E-state index is 11.9. The van der Waals surface area contributed by atoms with Crippen molar-refractivity contribution in [3.63, 3.8) is 0 Å². The highest BCUT2D eigenvalue weighted by atomic mass is 35.7. The topological polar surface area (TPSA) is 89.5 Å². The fourth-order valence-electron chi connectivity index (χ4n) is 1.30. The first kappa shape index (κ1) is 16.4. The zero-order chi connectivity index (χ0) is 14.5. The van der Waals surface area contributed by atoms with Crippen molar-refractivity contribution in [2.24, 2.45) is 0 Å². The lowest BCUT2D eigenvalue weighted by molar-refractivity contribution is 0.196. The van der Waals surface area contributed by atoms with Crippen molar-refractivity contribution >= 4 is 29.8 Å². The molecule has 1 aromatic rings. The van der Waals surface area contributed by atoms with Crippen LogP contribution in [-0.2, 0) is 23.8 Å². The fourth-order valence-corrected chi connectivity index (χ4v) is 3.29. The zero-order valence-electron chi connectivity index (χ0n) is 10.2. The normalized spacial score (nSPS) is 12.5.